The van der Waals surface area contributed by atoms with E-state index >= 15 is 0 Å². The van der Waals surface area contributed by atoms with Gasteiger partial charge in [-0.15, -0.1) is 0 Å². The van der Waals surface area contributed by atoms with Gasteiger partial charge in [0.05, 0.1) is 11.6 Å². The summed E-state index contributed by atoms with van der Waals surface area (Å²) in [5.41, 5.74) is 7.63. The molecule has 2 N–H and O–H groups in total. The minimum atomic E-state index is -0.241. The Balaban J connectivity index is 2.04. The Bertz CT molecular complexity index is 622. The van der Waals surface area contributed by atoms with Gasteiger partial charge < -0.3 is 10.5 Å². The lowest BCUT2D eigenvalue weighted by molar-refractivity contribution is -0.0715. The SMILES string of the molecule is COC1(C(N)c2cccc3cnccc23)CCCC(C)C1. The number of nitrogens with zero attached hydrogens (tertiary/aromatic N) is 1. The standard InChI is InChI=1S/C18H24N2O/c1-13-5-4-9-18(11-13,21-2)17(19)16-7-3-6-14-12-20-10-8-15(14)16/h3,6-8,10,12-13,17H,4-5,9,11,19H2,1-2H3. The van der Waals surface area contributed by atoms with Crippen LogP contribution in [0, 0.1) is 5.92 Å². The highest BCUT2D eigenvalue weighted by atomic mass is 16.5. The van der Waals surface area contributed by atoms with Crippen LogP contribution >= 0.6 is 0 Å². The van der Waals surface area contributed by atoms with E-state index in [9.17, 15) is 0 Å². The van der Waals surface area contributed by atoms with Gasteiger partial charge in [-0.1, -0.05) is 38.0 Å². The second kappa shape index (κ2) is 5.74. The van der Waals surface area contributed by atoms with Crippen molar-refractivity contribution in [1.29, 1.82) is 0 Å². The number of benzene rings is 1. The molecule has 1 aromatic heterocycles. The molecule has 1 aromatic carbocycles. The monoisotopic (exact) mass is 284 g/mol. The van der Waals surface area contributed by atoms with Crippen molar-refractivity contribution < 1.29 is 4.74 Å². The molecule has 3 heteroatoms. The van der Waals surface area contributed by atoms with Gasteiger partial charge in [0.15, 0.2) is 0 Å². The first-order valence-electron chi connectivity index (χ1n) is 7.80. The molecule has 0 saturated heterocycles. The summed E-state index contributed by atoms with van der Waals surface area (Å²) in [6.45, 7) is 2.30. The van der Waals surface area contributed by atoms with Crippen LogP contribution in [0.1, 0.15) is 44.2 Å². The number of hydrogen-bond acceptors (Lipinski definition) is 3. The average molecular weight is 284 g/mol. The van der Waals surface area contributed by atoms with Crippen molar-refractivity contribution in [3.63, 3.8) is 0 Å². The molecule has 1 fully saturated rings. The van der Waals surface area contributed by atoms with Gasteiger partial charge in [-0.2, -0.15) is 0 Å². The number of methoxy groups -OCH3 is 1. The van der Waals surface area contributed by atoms with Crippen LogP contribution in [0.2, 0.25) is 0 Å². The fourth-order valence-electron chi connectivity index (χ4n) is 3.84. The zero-order valence-electron chi connectivity index (χ0n) is 12.9. The highest BCUT2D eigenvalue weighted by molar-refractivity contribution is 5.85. The van der Waals surface area contributed by atoms with Crippen molar-refractivity contribution in [2.45, 2.75) is 44.2 Å². The normalized spacial score (nSPS) is 27.7. The van der Waals surface area contributed by atoms with Crippen LogP contribution in [0.15, 0.2) is 36.7 Å². The average Bonchev–Trinajstić information content (AvgIpc) is 2.53. The molecule has 2 aromatic rings. The molecule has 3 rings (SSSR count). The van der Waals surface area contributed by atoms with Gasteiger partial charge in [-0.3, -0.25) is 4.98 Å². The molecular formula is C18H24N2O. The summed E-state index contributed by atoms with van der Waals surface area (Å²) >= 11 is 0. The largest absolute Gasteiger partial charge is 0.376 e. The lowest BCUT2D eigenvalue weighted by Gasteiger charge is -2.43. The van der Waals surface area contributed by atoms with Gasteiger partial charge in [-0.25, -0.2) is 0 Å². The molecular weight excluding hydrogens is 260 g/mol. The van der Waals surface area contributed by atoms with Crippen LogP contribution in [-0.4, -0.2) is 17.7 Å². The van der Waals surface area contributed by atoms with Crippen molar-refractivity contribution >= 4 is 10.8 Å². The Morgan fingerprint density at radius 1 is 1.38 bits per heavy atom. The van der Waals surface area contributed by atoms with Crippen LogP contribution in [-0.2, 0) is 4.74 Å². The van der Waals surface area contributed by atoms with Crippen LogP contribution in [0.3, 0.4) is 0 Å². The number of rotatable bonds is 3. The highest BCUT2D eigenvalue weighted by Gasteiger charge is 2.41. The van der Waals surface area contributed by atoms with Crippen LogP contribution in [0.4, 0.5) is 0 Å². The molecule has 3 atom stereocenters. The third kappa shape index (κ3) is 2.56. The minimum absolute atomic E-state index is 0.101. The van der Waals surface area contributed by atoms with E-state index < -0.39 is 0 Å². The molecule has 0 bridgehead atoms. The highest BCUT2D eigenvalue weighted by Crippen LogP contribution is 2.43. The third-order valence-corrected chi connectivity index (χ3v) is 5.01. The smallest absolute Gasteiger partial charge is 0.0873 e. The predicted octanol–water partition coefficient (Wildman–Crippen LogP) is 3.83. The molecule has 0 amide bonds. The lowest BCUT2D eigenvalue weighted by atomic mass is 9.72. The van der Waals surface area contributed by atoms with Crippen LogP contribution < -0.4 is 5.73 Å². The molecule has 3 unspecified atom stereocenters. The number of pyridine rings is 1. The Kier molecular flexibility index (Phi) is 3.96. The number of ether oxygens (including phenoxy) is 1. The van der Waals surface area contributed by atoms with Crippen LogP contribution in [0.5, 0.6) is 0 Å². The van der Waals surface area contributed by atoms with Crippen molar-refractivity contribution in [2.24, 2.45) is 11.7 Å². The second-order valence-corrected chi connectivity index (χ2v) is 6.39. The van der Waals surface area contributed by atoms with Crippen LogP contribution in [0.25, 0.3) is 10.8 Å². The molecule has 0 spiro atoms. The Morgan fingerprint density at radius 3 is 3.00 bits per heavy atom. The zero-order chi connectivity index (χ0) is 14.9. The second-order valence-electron chi connectivity index (χ2n) is 6.39. The van der Waals surface area contributed by atoms with Crippen molar-refractivity contribution in [3.05, 3.63) is 42.2 Å². The fraction of sp³-hybridized carbons (Fsp3) is 0.500. The van der Waals surface area contributed by atoms with E-state index in [1.54, 1.807) is 0 Å². The maximum atomic E-state index is 6.70. The van der Waals surface area contributed by atoms with E-state index in [0.29, 0.717) is 5.92 Å². The van der Waals surface area contributed by atoms with Crippen molar-refractivity contribution in [3.8, 4) is 0 Å². The van der Waals surface area contributed by atoms with Gasteiger partial charge in [0.1, 0.15) is 0 Å². The molecule has 21 heavy (non-hydrogen) atoms. The summed E-state index contributed by atoms with van der Waals surface area (Å²) in [6.07, 6.45) is 8.27. The summed E-state index contributed by atoms with van der Waals surface area (Å²) in [4.78, 5) is 4.20. The van der Waals surface area contributed by atoms with E-state index in [0.717, 1.165) is 18.2 Å². The summed E-state index contributed by atoms with van der Waals surface area (Å²) in [6, 6.07) is 8.24. The zero-order valence-corrected chi connectivity index (χ0v) is 12.9. The first kappa shape index (κ1) is 14.5. The number of hydrogen-bond donors (Lipinski definition) is 1. The van der Waals surface area contributed by atoms with E-state index in [1.165, 1.54) is 23.8 Å². The van der Waals surface area contributed by atoms with Crippen molar-refractivity contribution in [2.75, 3.05) is 7.11 Å². The van der Waals surface area contributed by atoms with Gasteiger partial charge in [0.2, 0.25) is 0 Å². The van der Waals surface area contributed by atoms with Gasteiger partial charge >= 0.3 is 0 Å². The summed E-state index contributed by atoms with van der Waals surface area (Å²) in [5, 5.41) is 2.33. The quantitative estimate of drug-likeness (QED) is 0.931. The van der Waals surface area contributed by atoms with Gasteiger partial charge in [0.25, 0.3) is 0 Å². The van der Waals surface area contributed by atoms with E-state index in [4.69, 9.17) is 10.5 Å². The fourth-order valence-corrected chi connectivity index (χ4v) is 3.84. The van der Waals surface area contributed by atoms with E-state index in [1.807, 2.05) is 19.5 Å². The lowest BCUT2D eigenvalue weighted by Crippen LogP contribution is -2.46. The molecule has 1 saturated carbocycles. The van der Waals surface area contributed by atoms with E-state index in [2.05, 4.69) is 36.2 Å². The number of aromatic nitrogens is 1. The first-order chi connectivity index (χ1) is 10.2. The molecule has 3 nitrogen and oxygen atoms in total. The molecule has 1 aliphatic rings. The van der Waals surface area contributed by atoms with Crippen molar-refractivity contribution in [1.82, 2.24) is 4.98 Å². The van der Waals surface area contributed by atoms with E-state index in [-0.39, 0.29) is 11.6 Å². The summed E-state index contributed by atoms with van der Waals surface area (Å²) < 4.78 is 5.97. The maximum Gasteiger partial charge on any atom is 0.0873 e. The first-order valence-corrected chi connectivity index (χ1v) is 7.80. The number of nitrogens with two attached hydrogens (primary N) is 1. The Morgan fingerprint density at radius 2 is 2.24 bits per heavy atom. The maximum absolute atomic E-state index is 6.70. The molecule has 1 aliphatic carbocycles. The molecule has 0 radical (unpaired) electrons. The Labute approximate surface area is 126 Å². The summed E-state index contributed by atoms with van der Waals surface area (Å²) in [7, 11) is 1.81. The number of fused-ring (bicyclic) bond motifs is 1. The Hall–Kier alpha value is -1.45. The summed E-state index contributed by atoms with van der Waals surface area (Å²) in [5.74, 6) is 0.668. The predicted molar refractivity (Wildman–Crippen MR) is 86.0 cm³/mol. The van der Waals surface area contributed by atoms with Gasteiger partial charge in [0, 0.05) is 24.9 Å². The third-order valence-electron chi connectivity index (χ3n) is 5.01. The molecule has 0 aliphatic heterocycles. The topological polar surface area (TPSA) is 48.1 Å². The molecule has 1 heterocycles. The minimum Gasteiger partial charge on any atom is -0.376 e. The van der Waals surface area contributed by atoms with Gasteiger partial charge in [-0.05, 0) is 35.8 Å². The molecule has 112 valence electrons.